The van der Waals surface area contributed by atoms with Crippen LogP contribution in [0.5, 0.6) is 0 Å². The van der Waals surface area contributed by atoms with E-state index in [0.717, 1.165) is 9.87 Å². The quantitative estimate of drug-likeness (QED) is 0.178. The molecule has 1 aliphatic heterocycles. The summed E-state index contributed by atoms with van der Waals surface area (Å²) in [5.74, 6) is -2.86. The number of carbonyl (C=O) groups is 2. The smallest absolute Gasteiger partial charge is 0.336 e. The molecule has 45 heavy (non-hydrogen) atoms. The van der Waals surface area contributed by atoms with Gasteiger partial charge in [-0.05, 0) is 36.9 Å². The Morgan fingerprint density at radius 3 is 2.42 bits per heavy atom. The molecule has 0 saturated carbocycles. The Bertz CT molecular complexity index is 1630. The number of aliphatic hydroxyl groups is 1. The molecule has 3 aromatic rings. The zero-order chi connectivity index (χ0) is 32.9. The minimum Gasteiger partial charge on any atom is -0.479 e. The van der Waals surface area contributed by atoms with Gasteiger partial charge in [-0.2, -0.15) is 4.98 Å². The van der Waals surface area contributed by atoms with Gasteiger partial charge in [-0.15, -0.1) is 0 Å². The summed E-state index contributed by atoms with van der Waals surface area (Å²) in [6, 6.07) is 13.7. The van der Waals surface area contributed by atoms with Crippen molar-refractivity contribution in [3.63, 3.8) is 0 Å². The van der Waals surface area contributed by atoms with E-state index in [4.69, 9.17) is 21.4 Å². The van der Waals surface area contributed by atoms with Crippen molar-refractivity contribution in [1.29, 1.82) is 0 Å². The second-order valence-electron chi connectivity index (χ2n) is 10.5. The number of carboxylic acid groups (broad SMARTS) is 2. The van der Waals surface area contributed by atoms with Gasteiger partial charge in [0.1, 0.15) is 16.1 Å². The Labute approximate surface area is 265 Å². The third kappa shape index (κ3) is 8.43. The summed E-state index contributed by atoms with van der Waals surface area (Å²) in [7, 11) is 0.974. The Kier molecular flexibility index (Phi) is 10.9. The predicted molar refractivity (Wildman–Crippen MR) is 165 cm³/mol. The van der Waals surface area contributed by atoms with E-state index in [0.29, 0.717) is 37.6 Å². The Balaban J connectivity index is 1.46. The molecule has 242 valence electrons. The van der Waals surface area contributed by atoms with Crippen molar-refractivity contribution >= 4 is 56.7 Å². The van der Waals surface area contributed by atoms with Crippen LogP contribution in [0, 0.1) is 0 Å². The first-order valence-corrected chi connectivity index (χ1v) is 15.5. The number of aliphatic hydroxyl groups excluding tert-OH is 1. The number of aliphatic carboxylic acids is 2. The van der Waals surface area contributed by atoms with Crippen LogP contribution in [0.3, 0.4) is 0 Å². The lowest BCUT2D eigenvalue weighted by Crippen LogP contribution is -2.56. The number of sulfonamides is 1. The van der Waals surface area contributed by atoms with Crippen molar-refractivity contribution in [2.24, 2.45) is 0 Å². The standard InChI is InChI=1S/C28H34ClN7O8S/c1-34(2)45(42,43)21-7-5-4-6-20(21)32-25-19(29)14-30-28(33-25)31-18-10-8-17(9-11-18)15-36-13-12-35(3)16-22(36)44-24(27(40)41)23(37)26(38)39/h4-11,14,22-24,37H,12-13,15-16H2,1-3H3,(H,38,39)(H,40,41)(H2,30,31,32,33)/t22?,23-,24-/m1/s1. The Morgan fingerprint density at radius 2 is 1.78 bits per heavy atom. The molecule has 5 N–H and O–H groups in total. The van der Waals surface area contributed by atoms with Gasteiger partial charge < -0.3 is 35.6 Å². The number of ether oxygens (including phenoxy) is 1. The first kappa shape index (κ1) is 34.0. The van der Waals surface area contributed by atoms with Gasteiger partial charge in [0.25, 0.3) is 0 Å². The number of rotatable bonds is 13. The minimum absolute atomic E-state index is 0.0549. The van der Waals surface area contributed by atoms with Crippen molar-refractivity contribution in [1.82, 2.24) is 24.1 Å². The monoisotopic (exact) mass is 663 g/mol. The summed E-state index contributed by atoms with van der Waals surface area (Å²) in [5, 5.41) is 34.7. The first-order chi connectivity index (χ1) is 21.3. The fraction of sp³-hybridized carbons (Fsp3) is 0.357. The zero-order valence-corrected chi connectivity index (χ0v) is 26.2. The molecular formula is C28H34ClN7O8S. The zero-order valence-electron chi connectivity index (χ0n) is 24.7. The molecule has 0 bridgehead atoms. The maximum Gasteiger partial charge on any atom is 0.336 e. The highest BCUT2D eigenvalue weighted by Crippen LogP contribution is 2.30. The van der Waals surface area contributed by atoms with Crippen LogP contribution in [0.1, 0.15) is 5.56 Å². The maximum absolute atomic E-state index is 12.8. The van der Waals surface area contributed by atoms with Crippen molar-refractivity contribution in [2.75, 3.05) is 51.4 Å². The lowest BCUT2D eigenvalue weighted by molar-refractivity contribution is -0.193. The minimum atomic E-state index is -3.74. The molecule has 15 nitrogen and oxygen atoms in total. The summed E-state index contributed by atoms with van der Waals surface area (Å²) >= 11 is 6.33. The highest BCUT2D eigenvalue weighted by Gasteiger charge is 2.38. The van der Waals surface area contributed by atoms with E-state index in [1.807, 2.05) is 29.0 Å². The number of benzene rings is 2. The van der Waals surface area contributed by atoms with Gasteiger partial charge in [-0.3, -0.25) is 4.90 Å². The molecule has 1 aromatic heterocycles. The number of nitrogens with one attached hydrogen (secondary N) is 2. The van der Waals surface area contributed by atoms with Crippen molar-refractivity contribution in [3.05, 3.63) is 65.3 Å². The molecule has 0 radical (unpaired) electrons. The van der Waals surface area contributed by atoms with E-state index >= 15 is 0 Å². The number of carboxylic acids is 2. The number of piperazine rings is 1. The van der Waals surface area contributed by atoms with Gasteiger partial charge in [0.05, 0.1) is 11.9 Å². The number of anilines is 4. The average molecular weight is 664 g/mol. The van der Waals surface area contributed by atoms with Crippen LogP contribution >= 0.6 is 11.6 Å². The van der Waals surface area contributed by atoms with E-state index < -0.39 is 40.4 Å². The molecule has 2 aromatic carbocycles. The SMILES string of the molecule is CN1CCN(Cc2ccc(Nc3ncc(Cl)c(Nc4ccccc4S(=O)(=O)N(C)C)n3)cc2)C(O[C@@H](C(=O)O)[C@@H](O)C(=O)O)C1. The average Bonchev–Trinajstić information content (AvgIpc) is 2.99. The number of hydrogen-bond acceptors (Lipinski definition) is 12. The number of hydrogen-bond donors (Lipinski definition) is 5. The summed E-state index contributed by atoms with van der Waals surface area (Å²) < 4.78 is 32.3. The van der Waals surface area contributed by atoms with Crippen molar-refractivity contribution in [2.45, 2.75) is 29.9 Å². The Morgan fingerprint density at radius 1 is 1.09 bits per heavy atom. The van der Waals surface area contributed by atoms with Gasteiger partial charge in [0.15, 0.2) is 18.0 Å². The molecule has 2 heterocycles. The molecule has 0 spiro atoms. The fourth-order valence-electron chi connectivity index (χ4n) is 4.48. The van der Waals surface area contributed by atoms with Crippen LogP contribution in [0.25, 0.3) is 0 Å². The van der Waals surface area contributed by atoms with Crippen LogP contribution in [-0.2, 0) is 30.9 Å². The molecule has 1 aliphatic rings. The Hall–Kier alpha value is -3.90. The molecule has 3 atom stereocenters. The number of likely N-dealkylation sites (N-methyl/N-ethyl adjacent to an activating group) is 1. The molecule has 4 rings (SSSR count). The molecule has 1 unspecified atom stereocenters. The van der Waals surface area contributed by atoms with E-state index in [1.54, 1.807) is 30.3 Å². The van der Waals surface area contributed by atoms with Crippen LogP contribution in [0.2, 0.25) is 5.02 Å². The lowest BCUT2D eigenvalue weighted by atomic mass is 10.1. The number of halogens is 1. The highest BCUT2D eigenvalue weighted by molar-refractivity contribution is 7.89. The molecule has 0 aliphatic carbocycles. The normalized spacial score (nSPS) is 17.5. The van der Waals surface area contributed by atoms with Gasteiger partial charge in [-0.25, -0.2) is 27.3 Å². The van der Waals surface area contributed by atoms with Crippen LogP contribution in [0.4, 0.5) is 23.1 Å². The van der Waals surface area contributed by atoms with Crippen LogP contribution in [-0.4, -0.2) is 119 Å². The highest BCUT2D eigenvalue weighted by atomic mass is 35.5. The molecular weight excluding hydrogens is 630 g/mol. The van der Waals surface area contributed by atoms with Gasteiger partial charge >= 0.3 is 11.9 Å². The predicted octanol–water partition coefficient (Wildman–Crippen LogP) is 1.86. The topological polar surface area (TPSA) is 198 Å². The largest absolute Gasteiger partial charge is 0.479 e. The van der Waals surface area contributed by atoms with Crippen molar-refractivity contribution in [3.8, 4) is 0 Å². The van der Waals surface area contributed by atoms with E-state index in [1.165, 1.54) is 26.4 Å². The van der Waals surface area contributed by atoms with E-state index in [2.05, 4.69) is 20.6 Å². The van der Waals surface area contributed by atoms with Crippen molar-refractivity contribution < 1.29 is 38.1 Å². The second kappa shape index (κ2) is 14.5. The second-order valence-corrected chi connectivity index (χ2v) is 13.0. The fourth-order valence-corrected chi connectivity index (χ4v) is 5.66. The third-order valence-electron chi connectivity index (χ3n) is 6.97. The van der Waals surface area contributed by atoms with Gasteiger partial charge in [-0.1, -0.05) is 35.9 Å². The molecule has 1 saturated heterocycles. The third-order valence-corrected chi connectivity index (χ3v) is 9.12. The van der Waals surface area contributed by atoms with Gasteiger partial charge in [0.2, 0.25) is 16.0 Å². The summed E-state index contributed by atoms with van der Waals surface area (Å²) in [6.45, 7) is 1.87. The van der Waals surface area contributed by atoms with E-state index in [-0.39, 0.29) is 21.7 Å². The first-order valence-electron chi connectivity index (χ1n) is 13.6. The molecule has 17 heteroatoms. The number of para-hydroxylation sites is 1. The summed E-state index contributed by atoms with van der Waals surface area (Å²) in [4.78, 5) is 35.3. The lowest BCUT2D eigenvalue weighted by Gasteiger charge is -2.40. The molecule has 1 fully saturated rings. The number of aromatic nitrogens is 2. The number of nitrogens with zero attached hydrogens (tertiary/aromatic N) is 5. The maximum atomic E-state index is 12.8. The summed E-state index contributed by atoms with van der Waals surface area (Å²) in [6.07, 6.45) is -3.54. The van der Waals surface area contributed by atoms with Gasteiger partial charge in [0, 0.05) is 46.0 Å². The van der Waals surface area contributed by atoms with Crippen LogP contribution in [0.15, 0.2) is 59.6 Å². The summed E-state index contributed by atoms with van der Waals surface area (Å²) in [5.41, 5.74) is 1.80. The molecule has 0 amide bonds. The van der Waals surface area contributed by atoms with Crippen LogP contribution < -0.4 is 10.6 Å². The van der Waals surface area contributed by atoms with E-state index in [9.17, 15) is 28.2 Å².